The molecule has 3 heterocycles. The third-order valence-corrected chi connectivity index (χ3v) is 15.9. The van der Waals surface area contributed by atoms with Crippen LogP contribution in [0.2, 0.25) is 0 Å². The molecule has 12 aromatic rings. The van der Waals surface area contributed by atoms with Crippen LogP contribution >= 0.6 is 0 Å². The van der Waals surface area contributed by atoms with Crippen LogP contribution in [0.5, 0.6) is 0 Å². The number of fused-ring (bicyclic) bond motifs is 10. The predicted octanol–water partition coefficient (Wildman–Crippen LogP) is 16.8. The van der Waals surface area contributed by atoms with Gasteiger partial charge in [-0.05, 0) is 136 Å². The van der Waals surface area contributed by atoms with Gasteiger partial charge in [-0.1, -0.05) is 211 Å². The van der Waals surface area contributed by atoms with Gasteiger partial charge in [0.1, 0.15) is 0 Å². The fourth-order valence-corrected chi connectivity index (χ4v) is 12.0. The van der Waals surface area contributed by atoms with Crippen LogP contribution in [-0.2, 0) is 10.8 Å². The van der Waals surface area contributed by atoms with Crippen LogP contribution in [0.25, 0.3) is 77.0 Å². The Morgan fingerprint density at radius 1 is 0.333 bits per heavy atom. The van der Waals surface area contributed by atoms with Crippen molar-refractivity contribution in [2.75, 3.05) is 9.80 Å². The first-order valence-corrected chi connectivity index (χ1v) is 26.3. The van der Waals surface area contributed by atoms with Gasteiger partial charge in [0.05, 0.1) is 11.4 Å². The summed E-state index contributed by atoms with van der Waals surface area (Å²) in [5.74, 6) is 0.688. The number of benzene rings is 11. The average Bonchev–Trinajstić information content (AvgIpc) is 3.55. The summed E-state index contributed by atoms with van der Waals surface area (Å²) in [5.41, 5.74) is 18.0. The summed E-state index contributed by atoms with van der Waals surface area (Å²) in [6.07, 6.45) is 0. The standard InChI is InChI=1S/C70H55BN4/c1-69(2,3)51-29-33-53(34-30-51)74-63-41-57-48(27-25-44-17-13-15-23-55(44)57)37-59(63)71-60-38-49-28-26-45-18-14-16-24-56(45)58(49)42-64(60)75(54-35-31-52(32-36-54)70(4,5)6)66-40-50(39-65(74)67(66)71)62-43-61(46-19-9-7-10-20-46)72-68(73-62)47-21-11-8-12-22-47/h7-43H,1-6H3. The average molecular weight is 963 g/mol. The van der Waals surface area contributed by atoms with Crippen LogP contribution < -0.4 is 26.2 Å². The van der Waals surface area contributed by atoms with Crippen molar-refractivity contribution in [2.24, 2.45) is 0 Å². The second-order valence-electron chi connectivity index (χ2n) is 22.7. The number of rotatable bonds is 5. The van der Waals surface area contributed by atoms with E-state index in [1.165, 1.54) is 82.0 Å². The van der Waals surface area contributed by atoms with Crippen molar-refractivity contribution in [3.05, 3.63) is 236 Å². The van der Waals surface area contributed by atoms with Gasteiger partial charge in [-0.15, -0.1) is 0 Å². The molecular weight excluding hydrogens is 908 g/mol. The second kappa shape index (κ2) is 16.9. The van der Waals surface area contributed by atoms with Gasteiger partial charge >= 0.3 is 0 Å². The predicted molar refractivity (Wildman–Crippen MR) is 320 cm³/mol. The van der Waals surface area contributed by atoms with E-state index in [-0.39, 0.29) is 17.5 Å². The highest BCUT2D eigenvalue weighted by atomic mass is 15.2. The van der Waals surface area contributed by atoms with Gasteiger partial charge in [-0.25, -0.2) is 9.97 Å². The minimum Gasteiger partial charge on any atom is -0.311 e. The van der Waals surface area contributed by atoms with Gasteiger partial charge < -0.3 is 9.80 Å². The Balaban J connectivity index is 1.13. The number of hydrogen-bond acceptors (Lipinski definition) is 4. The molecule has 0 unspecified atom stereocenters. The lowest BCUT2D eigenvalue weighted by atomic mass is 9.33. The molecule has 0 spiro atoms. The maximum atomic E-state index is 5.52. The largest absolute Gasteiger partial charge is 0.311 e. The van der Waals surface area contributed by atoms with E-state index in [0.717, 1.165) is 50.8 Å². The fraction of sp³-hybridized carbons (Fsp3) is 0.114. The molecule has 0 N–H and O–H groups in total. The molecule has 4 nitrogen and oxygen atoms in total. The lowest BCUT2D eigenvalue weighted by Gasteiger charge is -2.45. The highest BCUT2D eigenvalue weighted by Crippen LogP contribution is 2.48. The van der Waals surface area contributed by atoms with E-state index in [1.807, 2.05) is 0 Å². The van der Waals surface area contributed by atoms with Crippen molar-refractivity contribution in [1.82, 2.24) is 9.97 Å². The van der Waals surface area contributed by atoms with Gasteiger partial charge in [0.15, 0.2) is 5.82 Å². The van der Waals surface area contributed by atoms with E-state index in [4.69, 9.17) is 9.97 Å². The lowest BCUT2D eigenvalue weighted by molar-refractivity contribution is 0.590. The van der Waals surface area contributed by atoms with Crippen LogP contribution in [-0.4, -0.2) is 16.7 Å². The Morgan fingerprint density at radius 3 is 1.21 bits per heavy atom. The monoisotopic (exact) mass is 962 g/mol. The second-order valence-corrected chi connectivity index (χ2v) is 22.7. The highest BCUT2D eigenvalue weighted by molar-refractivity contribution is 7.00. The minimum absolute atomic E-state index is 0.0155. The lowest BCUT2D eigenvalue weighted by Crippen LogP contribution is -2.61. The number of hydrogen-bond donors (Lipinski definition) is 0. The van der Waals surface area contributed by atoms with Crippen LogP contribution in [0.4, 0.5) is 34.1 Å². The van der Waals surface area contributed by atoms with Gasteiger partial charge in [0.2, 0.25) is 0 Å². The van der Waals surface area contributed by atoms with Gasteiger partial charge in [-0.3, -0.25) is 0 Å². The first kappa shape index (κ1) is 44.9. The summed E-state index contributed by atoms with van der Waals surface area (Å²) in [6, 6.07) is 83.4. The van der Waals surface area contributed by atoms with Crippen molar-refractivity contribution in [2.45, 2.75) is 52.4 Å². The summed E-state index contributed by atoms with van der Waals surface area (Å²) >= 11 is 0. The Hall–Kier alpha value is -8.80. The van der Waals surface area contributed by atoms with E-state index >= 15 is 0 Å². The first-order valence-electron chi connectivity index (χ1n) is 26.3. The van der Waals surface area contributed by atoms with E-state index in [0.29, 0.717) is 5.82 Å². The van der Waals surface area contributed by atoms with E-state index in [1.54, 1.807) is 0 Å². The van der Waals surface area contributed by atoms with Gasteiger partial charge in [0, 0.05) is 50.8 Å². The third kappa shape index (κ3) is 7.43. The Morgan fingerprint density at radius 2 is 0.747 bits per heavy atom. The molecule has 14 rings (SSSR count). The molecule has 0 saturated carbocycles. The molecular formula is C70H55BN4. The summed E-state index contributed by atoms with van der Waals surface area (Å²) in [6.45, 7) is 13.6. The summed E-state index contributed by atoms with van der Waals surface area (Å²) in [4.78, 5) is 15.9. The van der Waals surface area contributed by atoms with Crippen molar-refractivity contribution in [1.29, 1.82) is 0 Å². The molecule has 11 aromatic carbocycles. The maximum Gasteiger partial charge on any atom is 0.252 e. The molecule has 0 atom stereocenters. The Bertz CT molecular complexity index is 3980. The maximum absolute atomic E-state index is 5.52. The Kier molecular flexibility index (Phi) is 10.1. The number of nitrogens with zero attached hydrogens (tertiary/aromatic N) is 4. The van der Waals surface area contributed by atoms with Crippen LogP contribution in [0.15, 0.2) is 224 Å². The van der Waals surface area contributed by atoms with Crippen LogP contribution in [0.1, 0.15) is 52.7 Å². The molecule has 0 fully saturated rings. The first-order chi connectivity index (χ1) is 36.4. The normalized spacial score (nSPS) is 13.1. The topological polar surface area (TPSA) is 32.3 Å². The SMILES string of the molecule is CC(C)(C)c1ccc(N2c3cc4c(ccc5ccccc54)cc3B3c4cc5ccc6ccccc6c5cc4N(c4ccc(C(C)(C)C)cc4)c4cc(-c5cc(-c6ccccc6)nc(-c6ccccc6)n5)cc2c43)cc1. The summed E-state index contributed by atoms with van der Waals surface area (Å²) < 4.78 is 0. The molecule has 75 heavy (non-hydrogen) atoms. The van der Waals surface area contributed by atoms with Crippen LogP contribution in [0.3, 0.4) is 0 Å². The zero-order valence-electron chi connectivity index (χ0n) is 43.2. The molecule has 0 saturated heterocycles. The van der Waals surface area contributed by atoms with E-state index in [9.17, 15) is 0 Å². The smallest absolute Gasteiger partial charge is 0.252 e. The molecule has 0 bridgehead atoms. The highest BCUT2D eigenvalue weighted by Gasteiger charge is 2.44. The molecule has 0 amide bonds. The molecule has 0 radical (unpaired) electrons. The van der Waals surface area contributed by atoms with Crippen molar-refractivity contribution in [3.63, 3.8) is 0 Å². The van der Waals surface area contributed by atoms with E-state index in [2.05, 4.69) is 276 Å². The van der Waals surface area contributed by atoms with Crippen molar-refractivity contribution >= 4 is 100 Å². The number of anilines is 6. The quantitative estimate of drug-likeness (QED) is 0.127. The number of aromatic nitrogens is 2. The van der Waals surface area contributed by atoms with Crippen LogP contribution in [0, 0.1) is 0 Å². The molecule has 1 aromatic heterocycles. The Labute approximate surface area is 439 Å². The zero-order chi connectivity index (χ0) is 50.7. The fourth-order valence-electron chi connectivity index (χ4n) is 12.0. The molecule has 2 aliphatic rings. The van der Waals surface area contributed by atoms with Gasteiger partial charge in [0.25, 0.3) is 6.71 Å². The molecule has 2 aliphatic heterocycles. The van der Waals surface area contributed by atoms with E-state index < -0.39 is 0 Å². The summed E-state index contributed by atoms with van der Waals surface area (Å²) in [7, 11) is 0. The summed E-state index contributed by atoms with van der Waals surface area (Å²) in [5, 5.41) is 9.89. The third-order valence-electron chi connectivity index (χ3n) is 15.9. The van der Waals surface area contributed by atoms with Gasteiger partial charge in [-0.2, -0.15) is 0 Å². The zero-order valence-corrected chi connectivity index (χ0v) is 43.2. The molecule has 358 valence electrons. The molecule has 5 heteroatoms. The minimum atomic E-state index is -0.110. The van der Waals surface area contributed by atoms with Crippen molar-refractivity contribution in [3.8, 4) is 33.9 Å². The van der Waals surface area contributed by atoms with Crippen molar-refractivity contribution < 1.29 is 0 Å². The molecule has 0 aliphatic carbocycles.